The van der Waals surface area contributed by atoms with Crippen molar-refractivity contribution in [2.45, 2.75) is 24.7 Å². The number of nitriles is 1. The summed E-state index contributed by atoms with van der Waals surface area (Å²) in [6, 6.07) is 2.09. The molecule has 64 valence electrons. The molecule has 0 atom stereocenters. The summed E-state index contributed by atoms with van der Waals surface area (Å²) in [6.45, 7) is 0. The van der Waals surface area contributed by atoms with Crippen molar-refractivity contribution in [3.05, 3.63) is 0 Å². The average Bonchev–Trinajstić information content (AvgIpc) is 2.05. The molecule has 11 heavy (non-hydrogen) atoms. The van der Waals surface area contributed by atoms with Gasteiger partial charge >= 0.3 is 0 Å². The van der Waals surface area contributed by atoms with Gasteiger partial charge < -0.3 is 9.47 Å². The Kier molecular flexibility index (Phi) is 5.12. The maximum absolute atomic E-state index is 8.29. The Morgan fingerprint density at radius 3 is 2.36 bits per heavy atom. The Morgan fingerprint density at radius 2 is 2.00 bits per heavy atom. The molecular weight excluding hydrogens is 158 g/mol. The van der Waals surface area contributed by atoms with E-state index < -0.39 is 0 Å². The first-order valence-electron chi connectivity index (χ1n) is 3.66. The molecule has 0 aromatic heterocycles. The van der Waals surface area contributed by atoms with Crippen molar-refractivity contribution in [1.82, 2.24) is 0 Å². The lowest BCUT2D eigenvalue weighted by Gasteiger charge is -2.26. The highest BCUT2D eigenvalue weighted by Crippen LogP contribution is 2.14. The maximum Gasteiger partial charge on any atom is 0.140 e. The molecule has 0 N–H and O–H groups in total. The summed E-state index contributed by atoms with van der Waals surface area (Å²) in [5.41, 5.74) is -0.378. The van der Waals surface area contributed by atoms with Crippen LogP contribution < -0.4 is 0 Å². The van der Waals surface area contributed by atoms with Crippen LogP contribution in [0.4, 0.5) is 0 Å². The summed E-state index contributed by atoms with van der Waals surface area (Å²) in [7, 11) is 4.12. The predicted molar refractivity (Wildman–Crippen MR) is 46.2 cm³/mol. The van der Waals surface area contributed by atoms with Gasteiger partial charge in [-0.1, -0.05) is 0 Å². The third-order valence-electron chi connectivity index (χ3n) is 1.78. The largest absolute Gasteiger partial charge is 0.358 e. The zero-order valence-corrected chi connectivity index (χ0v) is 9.39. The fourth-order valence-electron chi connectivity index (χ4n) is 0.776. The Balaban J connectivity index is 3.62. The first kappa shape index (κ1) is 10.6. The second-order valence-corrected chi connectivity index (χ2v) is 4.08. The van der Waals surface area contributed by atoms with Crippen molar-refractivity contribution in [3.63, 3.8) is 0 Å². The minimum atomic E-state index is -0.378. The van der Waals surface area contributed by atoms with Crippen LogP contribution in [0.1, 0.15) is 19.3 Å². The van der Waals surface area contributed by atoms with Gasteiger partial charge in [0.2, 0.25) is 0 Å². The fraction of sp³-hybridized carbons (Fsp3) is 0.857. The number of hydrogen-bond acceptors (Lipinski definition) is 3. The molecule has 0 rings (SSSR count). The maximum atomic E-state index is 8.29. The highest BCUT2D eigenvalue weighted by atomic mass is 28.1. The van der Waals surface area contributed by atoms with E-state index in [9.17, 15) is 0 Å². The van der Waals surface area contributed by atoms with Gasteiger partial charge in [-0.3, -0.25) is 0 Å². The first-order chi connectivity index (χ1) is 5.18. The van der Waals surface area contributed by atoms with Crippen LogP contribution in [0.5, 0.6) is 0 Å². The van der Waals surface area contributed by atoms with Crippen LogP contribution in [0, 0.1) is 11.3 Å². The minimum Gasteiger partial charge on any atom is -0.358 e. The lowest BCUT2D eigenvalue weighted by atomic mass is 10.2. The van der Waals surface area contributed by atoms with E-state index in [1.165, 1.54) is 0 Å². The van der Waals surface area contributed by atoms with Crippen molar-refractivity contribution in [3.8, 4) is 6.07 Å². The monoisotopic (exact) mass is 173 g/mol. The zero-order valence-electron chi connectivity index (χ0n) is 7.39. The average molecular weight is 173 g/mol. The van der Waals surface area contributed by atoms with Gasteiger partial charge in [0, 0.05) is 20.6 Å². The van der Waals surface area contributed by atoms with E-state index >= 15 is 0 Å². The summed E-state index contributed by atoms with van der Waals surface area (Å²) >= 11 is 0. The molecule has 0 amide bonds. The van der Waals surface area contributed by atoms with E-state index in [1.54, 1.807) is 14.2 Å². The fourth-order valence-corrected chi connectivity index (χ4v) is 1.13. The van der Waals surface area contributed by atoms with Gasteiger partial charge in [0.1, 0.15) is 5.41 Å². The molecule has 0 unspecified atom stereocenters. The second-order valence-electron chi connectivity index (χ2n) is 2.55. The van der Waals surface area contributed by atoms with Crippen molar-refractivity contribution < 1.29 is 9.47 Å². The summed E-state index contributed by atoms with van der Waals surface area (Å²) in [5.74, 6) is 0. The summed E-state index contributed by atoms with van der Waals surface area (Å²) in [4.78, 5) is 0. The number of unbranched alkanes of at least 4 members (excludes halogenated alkanes) is 1. The molecule has 4 heteroatoms. The Bertz CT molecular complexity index is 140. The highest BCUT2D eigenvalue weighted by molar-refractivity contribution is 6.13. The topological polar surface area (TPSA) is 42.2 Å². The van der Waals surface area contributed by atoms with Crippen molar-refractivity contribution in [1.29, 1.82) is 5.26 Å². The highest BCUT2D eigenvalue weighted by Gasteiger charge is 2.20. The van der Waals surface area contributed by atoms with Gasteiger partial charge in [-0.15, -0.1) is 0 Å². The number of nitrogens with zero attached hydrogens (tertiary/aromatic N) is 1. The van der Waals surface area contributed by atoms with Crippen LogP contribution in [0.3, 0.4) is 0 Å². The number of methoxy groups -OCH3 is 2. The molecule has 0 heterocycles. The number of rotatable bonds is 5. The van der Waals surface area contributed by atoms with E-state index in [0.717, 1.165) is 23.1 Å². The summed E-state index contributed by atoms with van der Waals surface area (Å²) in [6.07, 6.45) is 2.25. The van der Waals surface area contributed by atoms with Crippen LogP contribution in [0.15, 0.2) is 0 Å². The molecule has 0 aliphatic rings. The van der Waals surface area contributed by atoms with Crippen molar-refractivity contribution in [2.24, 2.45) is 0 Å². The SMILES string of the molecule is COC([SiH3])(CCCC#N)OC. The predicted octanol–water partition coefficient (Wildman–Crippen LogP) is -0.00772. The van der Waals surface area contributed by atoms with Gasteiger partial charge in [0.25, 0.3) is 0 Å². The molecule has 0 fully saturated rings. The van der Waals surface area contributed by atoms with Crippen LogP contribution in [0.2, 0.25) is 0 Å². The van der Waals surface area contributed by atoms with E-state index in [-0.39, 0.29) is 5.41 Å². The van der Waals surface area contributed by atoms with E-state index in [2.05, 4.69) is 6.07 Å². The van der Waals surface area contributed by atoms with Crippen LogP contribution in [-0.2, 0) is 9.47 Å². The summed E-state index contributed by atoms with van der Waals surface area (Å²) in [5, 5.41) is 8.29. The standard InChI is InChI=1S/C7H15NO2Si/c1-9-7(11,10-2)5-3-4-6-8/h3-5H2,1-2,11H3. The van der Waals surface area contributed by atoms with Crippen molar-refractivity contribution >= 4 is 10.2 Å². The van der Waals surface area contributed by atoms with Gasteiger partial charge in [-0.2, -0.15) is 5.26 Å². The second kappa shape index (κ2) is 5.30. The van der Waals surface area contributed by atoms with Crippen molar-refractivity contribution in [2.75, 3.05) is 14.2 Å². The molecule has 0 saturated carbocycles. The number of ether oxygens (including phenoxy) is 2. The molecule has 0 aromatic carbocycles. The van der Waals surface area contributed by atoms with Gasteiger partial charge in [-0.25, -0.2) is 0 Å². The first-order valence-corrected chi connectivity index (χ1v) is 4.66. The van der Waals surface area contributed by atoms with Crippen LogP contribution in [0.25, 0.3) is 0 Å². The molecular formula is C7H15NO2Si. The smallest absolute Gasteiger partial charge is 0.140 e. The molecule has 0 radical (unpaired) electrons. The molecule has 0 saturated heterocycles. The molecule has 0 aliphatic heterocycles. The van der Waals surface area contributed by atoms with E-state index in [1.807, 2.05) is 0 Å². The molecule has 0 aliphatic carbocycles. The zero-order chi connectivity index (χ0) is 8.74. The lowest BCUT2D eigenvalue weighted by Crippen LogP contribution is -2.33. The summed E-state index contributed by atoms with van der Waals surface area (Å²) < 4.78 is 10.3. The molecule has 0 aromatic rings. The molecule has 3 nitrogen and oxygen atoms in total. The van der Waals surface area contributed by atoms with E-state index in [0.29, 0.717) is 6.42 Å². The van der Waals surface area contributed by atoms with Gasteiger partial charge in [-0.05, 0) is 12.8 Å². The third-order valence-corrected chi connectivity index (χ3v) is 3.10. The Morgan fingerprint density at radius 1 is 1.45 bits per heavy atom. The lowest BCUT2D eigenvalue weighted by molar-refractivity contribution is -0.146. The quantitative estimate of drug-likeness (QED) is 0.334. The van der Waals surface area contributed by atoms with E-state index in [4.69, 9.17) is 14.7 Å². The molecule has 0 bridgehead atoms. The normalized spacial score (nSPS) is 11.4. The van der Waals surface area contributed by atoms with Crippen LogP contribution in [-0.4, -0.2) is 29.9 Å². The van der Waals surface area contributed by atoms with Gasteiger partial charge in [0.05, 0.1) is 16.3 Å². The molecule has 0 spiro atoms. The Hall–Kier alpha value is -0.373. The minimum absolute atomic E-state index is 0.378. The Labute approximate surface area is 70.7 Å². The van der Waals surface area contributed by atoms with Crippen LogP contribution >= 0.6 is 0 Å². The third kappa shape index (κ3) is 4.14. The number of hydrogen-bond donors (Lipinski definition) is 0. The van der Waals surface area contributed by atoms with Gasteiger partial charge in [0.15, 0.2) is 0 Å².